The van der Waals surface area contributed by atoms with Gasteiger partial charge in [0.2, 0.25) is 5.91 Å². The number of anilines is 2. The summed E-state index contributed by atoms with van der Waals surface area (Å²) in [6.45, 7) is 8.00. The molecule has 4 aliphatic rings. The van der Waals surface area contributed by atoms with Crippen LogP contribution < -0.4 is 15.0 Å². The van der Waals surface area contributed by atoms with E-state index < -0.39 is 5.82 Å². The summed E-state index contributed by atoms with van der Waals surface area (Å²) in [5.74, 6) is 2.77. The van der Waals surface area contributed by atoms with E-state index in [2.05, 4.69) is 27.6 Å². The number of terminal acetylenes is 1. The molecule has 0 spiro atoms. The zero-order valence-corrected chi connectivity index (χ0v) is 27.2. The molecule has 7 rings (SSSR count). The number of phenolic OH excluding ortho intramolecular Hbond substituents is 1. The Morgan fingerprint density at radius 3 is 2.66 bits per heavy atom. The fraction of sp³-hybridized carbons (Fsp3) is 0.486. The normalized spacial score (nSPS) is 19.6. The smallest absolute Gasteiger partial charge is 0.318 e. The number of phenols is 1. The van der Waals surface area contributed by atoms with Crippen molar-refractivity contribution in [3.8, 4) is 24.1 Å². The first-order valence-corrected chi connectivity index (χ1v) is 16.8. The van der Waals surface area contributed by atoms with Gasteiger partial charge in [-0.3, -0.25) is 9.69 Å². The molecule has 1 aromatic heterocycles. The Bertz CT molecular complexity index is 1750. The average Bonchev–Trinajstić information content (AvgIpc) is 3.82. The summed E-state index contributed by atoms with van der Waals surface area (Å²) in [7, 11) is 1.86. The number of aromatic hydroxyl groups is 1. The molecule has 3 fully saturated rings. The Balaban J connectivity index is 1.24. The van der Waals surface area contributed by atoms with E-state index in [0.717, 1.165) is 68.7 Å². The van der Waals surface area contributed by atoms with Crippen LogP contribution in [0.2, 0.25) is 0 Å². The van der Waals surface area contributed by atoms with E-state index in [4.69, 9.17) is 21.1 Å². The van der Waals surface area contributed by atoms with E-state index in [9.17, 15) is 14.3 Å². The molecule has 1 amide bonds. The van der Waals surface area contributed by atoms with Crippen molar-refractivity contribution < 1.29 is 19.0 Å². The largest absolute Gasteiger partial charge is 0.508 e. The third kappa shape index (κ3) is 5.54. The molecular formula is C37H43FN6O3. The summed E-state index contributed by atoms with van der Waals surface area (Å²) in [5.41, 5.74) is 2.34. The molecule has 2 N–H and O–H groups in total. The maximum atomic E-state index is 14.9. The molecule has 2 aromatic carbocycles. The number of rotatable bonds is 9. The van der Waals surface area contributed by atoms with Crippen LogP contribution in [0.3, 0.4) is 0 Å². The second-order valence-corrected chi connectivity index (χ2v) is 13.7. The molecule has 3 aliphatic heterocycles. The van der Waals surface area contributed by atoms with E-state index in [-0.39, 0.29) is 28.3 Å². The summed E-state index contributed by atoms with van der Waals surface area (Å²) in [4.78, 5) is 29.1. The molecule has 4 heterocycles. The number of likely N-dealkylation sites (N-methyl/N-ethyl adjacent to an activating group) is 1. The molecule has 0 atom stereocenters. The monoisotopic (exact) mass is 638 g/mol. The molecule has 10 heteroatoms. The third-order valence-corrected chi connectivity index (χ3v) is 11.2. The Kier molecular flexibility index (Phi) is 8.21. The second-order valence-electron chi connectivity index (χ2n) is 13.7. The SMILES string of the molecule is C#Cc1c(F)ccc2cc(O)cc(N3CCc4c(nc(OCC56CCCN5CCC6)nc4NCC4(N(C)C(=O)C=C)CCCC4)C3)c12. The minimum absolute atomic E-state index is 0.0384. The van der Waals surface area contributed by atoms with Crippen molar-refractivity contribution in [3.63, 3.8) is 0 Å². The van der Waals surface area contributed by atoms with E-state index in [1.165, 1.54) is 25.0 Å². The zero-order chi connectivity index (χ0) is 32.8. The third-order valence-electron chi connectivity index (χ3n) is 11.2. The lowest BCUT2D eigenvalue weighted by molar-refractivity contribution is -0.129. The quantitative estimate of drug-likeness (QED) is 0.238. The number of fused-ring (bicyclic) bond motifs is 3. The molecule has 0 radical (unpaired) electrons. The summed E-state index contributed by atoms with van der Waals surface area (Å²) in [6.07, 6.45) is 16.3. The van der Waals surface area contributed by atoms with Gasteiger partial charge in [0.05, 0.1) is 28.9 Å². The lowest BCUT2D eigenvalue weighted by Crippen LogP contribution is -2.51. The number of hydrogen-bond acceptors (Lipinski definition) is 8. The van der Waals surface area contributed by atoms with E-state index >= 15 is 0 Å². The molecule has 9 nitrogen and oxygen atoms in total. The standard InChI is InChI=1S/C37H43FN6O3/c1-4-27-29(38)11-10-25-20-26(45)21-31(33(25)27)43-19-12-28-30(22-43)40-35(47-24-37-15-8-17-44(37)18-9-16-37)41-34(28)39-23-36(13-6-7-14-36)42(3)32(46)5-2/h1,5,10-11,20-21,45H,2,6-9,12-19,22-24H2,3H3,(H,39,40,41). The van der Waals surface area contributed by atoms with Crippen molar-refractivity contribution in [2.45, 2.75) is 75.4 Å². The lowest BCUT2D eigenvalue weighted by atomic mass is 9.94. The highest BCUT2D eigenvalue weighted by Crippen LogP contribution is 2.41. The van der Waals surface area contributed by atoms with Crippen LogP contribution in [0.25, 0.3) is 10.8 Å². The molecule has 1 saturated carbocycles. The van der Waals surface area contributed by atoms with Gasteiger partial charge >= 0.3 is 6.01 Å². The fourth-order valence-electron chi connectivity index (χ4n) is 8.56. The van der Waals surface area contributed by atoms with Crippen molar-refractivity contribution in [2.24, 2.45) is 0 Å². The lowest BCUT2D eigenvalue weighted by Gasteiger charge is -2.39. The first-order chi connectivity index (χ1) is 22.8. The fourth-order valence-corrected chi connectivity index (χ4v) is 8.56. The number of halogens is 1. The Labute approximate surface area is 275 Å². The van der Waals surface area contributed by atoms with Crippen molar-refractivity contribution in [1.82, 2.24) is 19.8 Å². The average molecular weight is 639 g/mol. The van der Waals surface area contributed by atoms with Crippen LogP contribution in [0.15, 0.2) is 36.9 Å². The van der Waals surface area contributed by atoms with Gasteiger partial charge in [0.1, 0.15) is 24.0 Å². The molecule has 0 unspecified atom stereocenters. The number of ether oxygens (including phenoxy) is 1. The maximum Gasteiger partial charge on any atom is 0.318 e. The molecule has 3 aromatic rings. The van der Waals surface area contributed by atoms with Gasteiger partial charge < -0.3 is 25.0 Å². The molecule has 0 bridgehead atoms. The van der Waals surface area contributed by atoms with E-state index in [1.807, 2.05) is 11.9 Å². The first kappa shape index (κ1) is 31.3. The second kappa shape index (κ2) is 12.3. The number of nitrogens with one attached hydrogen (secondary N) is 1. The van der Waals surface area contributed by atoms with E-state index in [1.54, 1.807) is 18.2 Å². The summed E-state index contributed by atoms with van der Waals surface area (Å²) in [5, 5.41) is 15.6. The Morgan fingerprint density at radius 1 is 1.17 bits per heavy atom. The van der Waals surface area contributed by atoms with Gasteiger partial charge in [0, 0.05) is 42.8 Å². The van der Waals surface area contributed by atoms with Crippen molar-refractivity contribution in [1.29, 1.82) is 0 Å². The van der Waals surface area contributed by atoms with Gasteiger partial charge in [-0.2, -0.15) is 9.97 Å². The zero-order valence-electron chi connectivity index (χ0n) is 27.2. The molecule has 2 saturated heterocycles. The topological polar surface area (TPSA) is 94.1 Å². The van der Waals surface area contributed by atoms with Gasteiger partial charge in [-0.15, -0.1) is 6.42 Å². The highest BCUT2D eigenvalue weighted by atomic mass is 19.1. The number of carbonyl (C=O) groups is 1. The van der Waals surface area contributed by atoms with Crippen LogP contribution in [-0.2, 0) is 17.8 Å². The minimum atomic E-state index is -0.471. The molecular weight excluding hydrogens is 595 g/mol. The van der Waals surface area contributed by atoms with Gasteiger partial charge in [-0.05, 0) is 81.6 Å². The highest BCUT2D eigenvalue weighted by molar-refractivity contribution is 6.00. The highest BCUT2D eigenvalue weighted by Gasteiger charge is 2.45. The van der Waals surface area contributed by atoms with Crippen LogP contribution in [0.1, 0.15) is 68.2 Å². The van der Waals surface area contributed by atoms with Crippen molar-refractivity contribution in [3.05, 3.63) is 59.6 Å². The molecule has 1 aliphatic carbocycles. The van der Waals surface area contributed by atoms with Crippen molar-refractivity contribution in [2.75, 3.05) is 50.1 Å². The van der Waals surface area contributed by atoms with E-state index in [0.29, 0.717) is 55.1 Å². The number of hydrogen-bond donors (Lipinski definition) is 2. The van der Waals surface area contributed by atoms with Crippen LogP contribution in [0.5, 0.6) is 11.8 Å². The van der Waals surface area contributed by atoms with Crippen LogP contribution >= 0.6 is 0 Å². The van der Waals surface area contributed by atoms with Gasteiger partial charge in [-0.1, -0.05) is 31.4 Å². The first-order valence-electron chi connectivity index (χ1n) is 16.8. The predicted octanol–water partition coefficient (Wildman–Crippen LogP) is 5.39. The van der Waals surface area contributed by atoms with Gasteiger partial charge in [-0.25, -0.2) is 4.39 Å². The predicted molar refractivity (Wildman–Crippen MR) is 181 cm³/mol. The van der Waals surface area contributed by atoms with Gasteiger partial charge in [0.25, 0.3) is 0 Å². The molecule has 246 valence electrons. The number of benzene rings is 2. The van der Waals surface area contributed by atoms with Crippen LogP contribution in [-0.4, -0.2) is 81.7 Å². The number of amides is 1. The Morgan fingerprint density at radius 2 is 1.94 bits per heavy atom. The maximum absolute atomic E-state index is 14.9. The summed E-state index contributed by atoms with van der Waals surface area (Å²) >= 11 is 0. The number of nitrogens with zero attached hydrogens (tertiary/aromatic N) is 5. The number of aromatic nitrogens is 2. The van der Waals surface area contributed by atoms with Crippen LogP contribution in [0, 0.1) is 18.2 Å². The molecule has 47 heavy (non-hydrogen) atoms. The van der Waals surface area contributed by atoms with Gasteiger partial charge in [0.15, 0.2) is 0 Å². The number of carbonyl (C=O) groups excluding carboxylic acids is 1. The summed E-state index contributed by atoms with van der Waals surface area (Å²) in [6, 6.07) is 6.57. The van der Waals surface area contributed by atoms with Crippen molar-refractivity contribution >= 4 is 28.2 Å². The minimum Gasteiger partial charge on any atom is -0.508 e. The Hall–Kier alpha value is -4.36. The summed E-state index contributed by atoms with van der Waals surface area (Å²) < 4.78 is 21.4. The van der Waals surface area contributed by atoms with Crippen LogP contribution in [0.4, 0.5) is 15.9 Å².